The molecule has 25 heavy (non-hydrogen) atoms. The molecule has 7 nitrogen and oxygen atoms in total. The van der Waals surface area contributed by atoms with E-state index < -0.39 is 0 Å². The highest BCUT2D eigenvalue weighted by Crippen LogP contribution is 2.23. The Morgan fingerprint density at radius 1 is 1.20 bits per heavy atom. The fourth-order valence-corrected chi connectivity index (χ4v) is 3.58. The average Bonchev–Trinajstić information content (AvgIpc) is 3.29. The van der Waals surface area contributed by atoms with Crippen molar-refractivity contribution in [1.82, 2.24) is 24.9 Å². The molecule has 1 unspecified atom stereocenters. The summed E-state index contributed by atoms with van der Waals surface area (Å²) in [6, 6.07) is 3.65. The SMILES string of the molecule is Clc1ncccc1-c1noc(CN2CCN(CC3CCCO3)CC2)n1. The Labute approximate surface area is 151 Å². The molecule has 0 saturated carbocycles. The average molecular weight is 364 g/mol. The molecule has 134 valence electrons. The lowest BCUT2D eigenvalue weighted by Crippen LogP contribution is -2.48. The Morgan fingerprint density at radius 3 is 2.80 bits per heavy atom. The Kier molecular flexibility index (Phi) is 5.26. The molecule has 1 atom stereocenters. The molecule has 2 aliphatic heterocycles. The van der Waals surface area contributed by atoms with Gasteiger partial charge in [0.15, 0.2) is 0 Å². The smallest absolute Gasteiger partial charge is 0.241 e. The van der Waals surface area contributed by atoms with Crippen molar-refractivity contribution in [2.75, 3.05) is 39.3 Å². The van der Waals surface area contributed by atoms with Crippen molar-refractivity contribution in [3.05, 3.63) is 29.4 Å². The van der Waals surface area contributed by atoms with E-state index in [1.807, 2.05) is 12.1 Å². The third-order valence-corrected chi connectivity index (χ3v) is 5.08. The lowest BCUT2D eigenvalue weighted by molar-refractivity contribution is 0.0468. The number of hydrogen-bond donors (Lipinski definition) is 0. The van der Waals surface area contributed by atoms with E-state index in [1.165, 1.54) is 12.8 Å². The molecule has 0 radical (unpaired) electrons. The molecular weight excluding hydrogens is 342 g/mol. The van der Waals surface area contributed by atoms with Crippen molar-refractivity contribution in [2.24, 2.45) is 0 Å². The molecule has 4 rings (SSSR count). The van der Waals surface area contributed by atoms with Crippen LogP contribution >= 0.6 is 11.6 Å². The number of aromatic nitrogens is 3. The summed E-state index contributed by atoms with van der Waals surface area (Å²) in [6.07, 6.45) is 4.46. The zero-order chi connectivity index (χ0) is 17.1. The van der Waals surface area contributed by atoms with Gasteiger partial charge in [-0.3, -0.25) is 9.80 Å². The first-order valence-electron chi connectivity index (χ1n) is 8.78. The first-order chi connectivity index (χ1) is 12.3. The van der Waals surface area contributed by atoms with Crippen LogP contribution in [0.25, 0.3) is 11.4 Å². The topological polar surface area (TPSA) is 67.5 Å². The second-order valence-electron chi connectivity index (χ2n) is 6.57. The number of nitrogens with zero attached hydrogens (tertiary/aromatic N) is 5. The van der Waals surface area contributed by atoms with Crippen LogP contribution in [0.3, 0.4) is 0 Å². The van der Waals surface area contributed by atoms with E-state index in [-0.39, 0.29) is 0 Å². The number of halogens is 1. The predicted molar refractivity (Wildman–Crippen MR) is 93.2 cm³/mol. The Morgan fingerprint density at radius 2 is 2.04 bits per heavy atom. The van der Waals surface area contributed by atoms with Gasteiger partial charge in [-0.15, -0.1) is 0 Å². The fourth-order valence-electron chi connectivity index (χ4n) is 3.38. The third kappa shape index (κ3) is 4.17. The van der Waals surface area contributed by atoms with Gasteiger partial charge in [-0.2, -0.15) is 4.98 Å². The molecule has 2 aliphatic rings. The summed E-state index contributed by atoms with van der Waals surface area (Å²) < 4.78 is 11.1. The lowest BCUT2D eigenvalue weighted by atomic mass is 10.2. The van der Waals surface area contributed by atoms with Gasteiger partial charge < -0.3 is 9.26 Å². The summed E-state index contributed by atoms with van der Waals surface area (Å²) in [6.45, 7) is 6.74. The van der Waals surface area contributed by atoms with E-state index in [4.69, 9.17) is 20.9 Å². The Hall–Kier alpha value is -1.54. The fraction of sp³-hybridized carbons (Fsp3) is 0.588. The molecule has 0 spiro atoms. The van der Waals surface area contributed by atoms with Crippen molar-refractivity contribution in [1.29, 1.82) is 0 Å². The molecule has 0 N–H and O–H groups in total. The summed E-state index contributed by atoms with van der Waals surface area (Å²) in [7, 11) is 0. The summed E-state index contributed by atoms with van der Waals surface area (Å²) in [4.78, 5) is 13.3. The van der Waals surface area contributed by atoms with Crippen LogP contribution < -0.4 is 0 Å². The summed E-state index contributed by atoms with van der Waals surface area (Å²) >= 11 is 6.09. The van der Waals surface area contributed by atoms with Gasteiger partial charge in [-0.05, 0) is 25.0 Å². The van der Waals surface area contributed by atoms with Gasteiger partial charge >= 0.3 is 0 Å². The quantitative estimate of drug-likeness (QED) is 0.753. The van der Waals surface area contributed by atoms with Gasteiger partial charge in [-0.1, -0.05) is 16.8 Å². The van der Waals surface area contributed by atoms with Crippen molar-refractivity contribution in [2.45, 2.75) is 25.5 Å². The van der Waals surface area contributed by atoms with Gasteiger partial charge in [0.05, 0.1) is 18.2 Å². The van der Waals surface area contributed by atoms with Crippen molar-refractivity contribution in [3.63, 3.8) is 0 Å². The Bertz CT molecular complexity index is 696. The maximum atomic E-state index is 6.09. The van der Waals surface area contributed by atoms with E-state index in [2.05, 4.69) is 24.9 Å². The second-order valence-corrected chi connectivity index (χ2v) is 6.92. The van der Waals surface area contributed by atoms with Crippen LogP contribution in [0.15, 0.2) is 22.9 Å². The number of rotatable bonds is 5. The number of hydrogen-bond acceptors (Lipinski definition) is 7. The molecule has 0 amide bonds. The lowest BCUT2D eigenvalue weighted by Gasteiger charge is -2.34. The molecule has 2 saturated heterocycles. The standard InChI is InChI=1S/C17H22ClN5O2/c18-16-14(4-1-5-19-16)17-20-15(25-21-17)12-23-8-6-22(7-9-23)11-13-3-2-10-24-13/h1,4-5,13H,2-3,6-12H2. The van der Waals surface area contributed by atoms with E-state index in [9.17, 15) is 0 Å². The van der Waals surface area contributed by atoms with Crippen LogP contribution in [0.2, 0.25) is 5.15 Å². The first kappa shape index (κ1) is 16.9. The highest BCUT2D eigenvalue weighted by Gasteiger charge is 2.24. The molecule has 0 aromatic carbocycles. The summed E-state index contributed by atoms with van der Waals surface area (Å²) in [5.74, 6) is 1.10. The minimum absolute atomic E-state index is 0.387. The van der Waals surface area contributed by atoms with Gasteiger partial charge in [0.25, 0.3) is 0 Å². The second kappa shape index (κ2) is 7.78. The third-order valence-electron chi connectivity index (χ3n) is 4.78. The Balaban J connectivity index is 1.29. The minimum Gasteiger partial charge on any atom is -0.377 e. The van der Waals surface area contributed by atoms with Crippen LogP contribution in [0.1, 0.15) is 18.7 Å². The van der Waals surface area contributed by atoms with E-state index in [1.54, 1.807) is 6.20 Å². The highest BCUT2D eigenvalue weighted by molar-refractivity contribution is 6.31. The van der Waals surface area contributed by atoms with Crippen LogP contribution in [0.4, 0.5) is 0 Å². The van der Waals surface area contributed by atoms with Crippen molar-refractivity contribution in [3.8, 4) is 11.4 Å². The van der Waals surface area contributed by atoms with Gasteiger partial charge in [0.2, 0.25) is 11.7 Å². The molecule has 0 bridgehead atoms. The maximum absolute atomic E-state index is 6.09. The summed E-state index contributed by atoms with van der Waals surface area (Å²) in [5, 5.41) is 4.42. The predicted octanol–water partition coefficient (Wildman–Crippen LogP) is 2.08. The molecule has 2 aromatic rings. The zero-order valence-corrected chi connectivity index (χ0v) is 14.9. The van der Waals surface area contributed by atoms with Crippen LogP contribution in [-0.4, -0.2) is 70.4 Å². The van der Waals surface area contributed by atoms with E-state index in [0.717, 1.165) is 39.3 Å². The van der Waals surface area contributed by atoms with E-state index in [0.29, 0.717) is 35.1 Å². The molecule has 0 aliphatic carbocycles. The molecule has 2 aromatic heterocycles. The molecule has 2 fully saturated rings. The first-order valence-corrected chi connectivity index (χ1v) is 9.15. The number of ether oxygens (including phenoxy) is 1. The number of pyridine rings is 1. The monoisotopic (exact) mass is 363 g/mol. The van der Waals surface area contributed by atoms with Gasteiger partial charge in [0, 0.05) is 45.5 Å². The van der Waals surface area contributed by atoms with Crippen molar-refractivity contribution >= 4 is 11.6 Å². The minimum atomic E-state index is 0.387. The normalized spacial score (nSPS) is 22.5. The molecule has 4 heterocycles. The highest BCUT2D eigenvalue weighted by atomic mass is 35.5. The van der Waals surface area contributed by atoms with E-state index >= 15 is 0 Å². The van der Waals surface area contributed by atoms with Crippen LogP contribution in [0.5, 0.6) is 0 Å². The van der Waals surface area contributed by atoms with Gasteiger partial charge in [0.1, 0.15) is 5.15 Å². The van der Waals surface area contributed by atoms with Gasteiger partial charge in [-0.25, -0.2) is 4.98 Å². The van der Waals surface area contributed by atoms with Crippen molar-refractivity contribution < 1.29 is 9.26 Å². The molecule has 8 heteroatoms. The largest absolute Gasteiger partial charge is 0.377 e. The molecular formula is C17H22ClN5O2. The van der Waals surface area contributed by atoms with Crippen LogP contribution in [0, 0.1) is 0 Å². The number of piperazine rings is 1. The van der Waals surface area contributed by atoms with Crippen LogP contribution in [-0.2, 0) is 11.3 Å². The maximum Gasteiger partial charge on any atom is 0.241 e. The summed E-state index contributed by atoms with van der Waals surface area (Å²) in [5.41, 5.74) is 0.695. The zero-order valence-electron chi connectivity index (χ0n) is 14.1.